The Labute approximate surface area is 164 Å². The van der Waals surface area contributed by atoms with E-state index in [0.717, 1.165) is 16.3 Å². The van der Waals surface area contributed by atoms with E-state index < -0.39 is 10.0 Å². The van der Waals surface area contributed by atoms with Crippen molar-refractivity contribution >= 4 is 21.4 Å². The minimum absolute atomic E-state index is 0.158. The monoisotopic (exact) mass is 411 g/mol. The van der Waals surface area contributed by atoms with Crippen molar-refractivity contribution in [2.24, 2.45) is 0 Å². The summed E-state index contributed by atoms with van der Waals surface area (Å²) in [5.41, 5.74) is 1.89. The van der Waals surface area contributed by atoms with Crippen molar-refractivity contribution in [1.82, 2.24) is 14.2 Å². The third kappa shape index (κ3) is 4.43. The molecule has 2 heterocycles. The highest BCUT2D eigenvalue weighted by atomic mass is 32.2. The Morgan fingerprint density at radius 2 is 1.89 bits per heavy atom. The van der Waals surface area contributed by atoms with Crippen LogP contribution in [0.15, 0.2) is 23.6 Å². The first kappa shape index (κ1) is 20.1. The first-order chi connectivity index (χ1) is 13.0. The largest absolute Gasteiger partial charge is 0.493 e. The van der Waals surface area contributed by atoms with Gasteiger partial charge in [-0.3, -0.25) is 4.90 Å². The Hall–Kier alpha value is -1.68. The second-order valence-electron chi connectivity index (χ2n) is 6.26. The molecule has 27 heavy (non-hydrogen) atoms. The summed E-state index contributed by atoms with van der Waals surface area (Å²) in [5.74, 6) is 1.52. The summed E-state index contributed by atoms with van der Waals surface area (Å²) < 4.78 is 36.4. The summed E-state index contributed by atoms with van der Waals surface area (Å²) in [5, 5.41) is 2.93. The van der Waals surface area contributed by atoms with Gasteiger partial charge in [-0.15, -0.1) is 11.3 Å². The molecule has 3 rings (SSSR count). The van der Waals surface area contributed by atoms with Gasteiger partial charge in [-0.05, 0) is 19.1 Å². The maximum Gasteiger partial charge on any atom is 0.213 e. The number of methoxy groups -OCH3 is 2. The van der Waals surface area contributed by atoms with Crippen LogP contribution < -0.4 is 9.47 Å². The quantitative estimate of drug-likeness (QED) is 0.696. The van der Waals surface area contributed by atoms with Gasteiger partial charge in [-0.1, -0.05) is 6.07 Å². The van der Waals surface area contributed by atoms with Crippen LogP contribution in [0.3, 0.4) is 0 Å². The number of aromatic nitrogens is 1. The summed E-state index contributed by atoms with van der Waals surface area (Å²) in [6.45, 7) is 4.91. The maximum atomic E-state index is 12.0. The van der Waals surface area contributed by atoms with Crippen molar-refractivity contribution in [2.75, 3.05) is 46.2 Å². The molecule has 9 heteroatoms. The molecule has 2 aromatic rings. The molecule has 1 aromatic heterocycles. The normalized spacial score (nSPS) is 16.4. The highest BCUT2D eigenvalue weighted by molar-refractivity contribution is 7.89. The Kier molecular flexibility index (Phi) is 6.36. The molecule has 0 aliphatic carbocycles. The second-order valence-corrected chi connectivity index (χ2v) is 9.38. The van der Waals surface area contributed by atoms with Gasteiger partial charge in [0.2, 0.25) is 10.0 Å². The molecule has 0 saturated carbocycles. The van der Waals surface area contributed by atoms with Gasteiger partial charge >= 0.3 is 0 Å². The van der Waals surface area contributed by atoms with Gasteiger partial charge in [-0.25, -0.2) is 13.4 Å². The Balaban J connectivity index is 1.68. The summed E-state index contributed by atoms with van der Waals surface area (Å²) >= 11 is 1.57. The molecule has 0 amide bonds. The number of hydrogen-bond donors (Lipinski definition) is 0. The van der Waals surface area contributed by atoms with E-state index in [4.69, 9.17) is 14.5 Å². The smallest absolute Gasteiger partial charge is 0.213 e. The lowest BCUT2D eigenvalue weighted by atomic mass is 10.2. The molecule has 0 N–H and O–H groups in total. The first-order valence-corrected chi connectivity index (χ1v) is 11.3. The summed E-state index contributed by atoms with van der Waals surface area (Å²) in [7, 11) is 0.147. The van der Waals surface area contributed by atoms with E-state index in [2.05, 4.69) is 4.90 Å². The number of para-hydroxylation sites is 1. The second kappa shape index (κ2) is 8.55. The van der Waals surface area contributed by atoms with Gasteiger partial charge < -0.3 is 9.47 Å². The Morgan fingerprint density at radius 3 is 2.52 bits per heavy atom. The topological polar surface area (TPSA) is 72.0 Å². The zero-order valence-electron chi connectivity index (χ0n) is 15.8. The van der Waals surface area contributed by atoms with Crippen LogP contribution in [0.5, 0.6) is 11.5 Å². The van der Waals surface area contributed by atoms with Crippen LogP contribution in [-0.2, 0) is 16.6 Å². The van der Waals surface area contributed by atoms with Crippen LogP contribution in [0.25, 0.3) is 10.6 Å². The number of rotatable bonds is 7. The molecule has 1 aliphatic rings. The standard InChI is InChI=1S/C18H25N3O4S2/c1-4-27(22,23)21-10-8-20(9-11-21)12-14-13-26-18(19-14)15-6-5-7-16(24-2)17(15)25-3/h5-7,13H,4,8-12H2,1-3H3. The van der Waals surface area contributed by atoms with Crippen molar-refractivity contribution in [3.05, 3.63) is 29.3 Å². The fourth-order valence-electron chi connectivity index (χ4n) is 3.14. The van der Waals surface area contributed by atoms with E-state index in [-0.39, 0.29) is 5.75 Å². The lowest BCUT2D eigenvalue weighted by Gasteiger charge is -2.33. The van der Waals surface area contributed by atoms with Crippen LogP contribution in [0.4, 0.5) is 0 Å². The van der Waals surface area contributed by atoms with Gasteiger partial charge in [-0.2, -0.15) is 4.31 Å². The van der Waals surface area contributed by atoms with Gasteiger partial charge in [0.25, 0.3) is 0 Å². The predicted molar refractivity (Wildman–Crippen MR) is 107 cm³/mol. The molecule has 1 saturated heterocycles. The van der Waals surface area contributed by atoms with E-state index in [0.29, 0.717) is 44.2 Å². The van der Waals surface area contributed by atoms with Gasteiger partial charge in [0.05, 0.1) is 31.2 Å². The highest BCUT2D eigenvalue weighted by Crippen LogP contribution is 2.39. The zero-order chi connectivity index (χ0) is 19.4. The average molecular weight is 412 g/mol. The lowest BCUT2D eigenvalue weighted by molar-refractivity contribution is 0.180. The average Bonchev–Trinajstić information content (AvgIpc) is 3.15. The molecule has 1 aromatic carbocycles. The number of nitrogens with zero attached hydrogens (tertiary/aromatic N) is 3. The number of piperazine rings is 1. The van der Waals surface area contributed by atoms with Crippen molar-refractivity contribution in [3.63, 3.8) is 0 Å². The lowest BCUT2D eigenvalue weighted by Crippen LogP contribution is -2.48. The van der Waals surface area contributed by atoms with Crippen molar-refractivity contribution in [2.45, 2.75) is 13.5 Å². The minimum atomic E-state index is -3.10. The van der Waals surface area contributed by atoms with Crippen molar-refractivity contribution in [3.8, 4) is 22.1 Å². The SMILES string of the molecule is CCS(=O)(=O)N1CCN(Cc2csc(-c3cccc(OC)c3OC)n2)CC1. The third-order valence-electron chi connectivity index (χ3n) is 4.66. The maximum absolute atomic E-state index is 12.0. The number of sulfonamides is 1. The highest BCUT2D eigenvalue weighted by Gasteiger charge is 2.25. The van der Waals surface area contributed by atoms with Crippen LogP contribution in [0, 0.1) is 0 Å². The molecule has 0 bridgehead atoms. The molecular weight excluding hydrogens is 386 g/mol. The van der Waals surface area contributed by atoms with Gasteiger partial charge in [0.1, 0.15) is 5.01 Å². The molecule has 1 aliphatic heterocycles. The zero-order valence-corrected chi connectivity index (χ0v) is 17.5. The molecule has 0 spiro atoms. The van der Waals surface area contributed by atoms with E-state index in [1.807, 2.05) is 23.6 Å². The molecule has 0 radical (unpaired) electrons. The minimum Gasteiger partial charge on any atom is -0.493 e. The molecule has 0 unspecified atom stereocenters. The van der Waals surface area contributed by atoms with E-state index >= 15 is 0 Å². The van der Waals surface area contributed by atoms with Gasteiger partial charge in [0.15, 0.2) is 11.5 Å². The number of benzene rings is 1. The molecular formula is C18H25N3O4S2. The van der Waals surface area contributed by atoms with Crippen LogP contribution in [0.2, 0.25) is 0 Å². The summed E-state index contributed by atoms with van der Waals surface area (Å²) in [4.78, 5) is 6.99. The predicted octanol–water partition coefficient (Wildman–Crippen LogP) is 2.29. The molecule has 148 valence electrons. The van der Waals surface area contributed by atoms with Crippen LogP contribution >= 0.6 is 11.3 Å². The van der Waals surface area contributed by atoms with E-state index in [9.17, 15) is 8.42 Å². The molecule has 0 atom stereocenters. The van der Waals surface area contributed by atoms with Crippen molar-refractivity contribution < 1.29 is 17.9 Å². The molecule has 7 nitrogen and oxygen atoms in total. The van der Waals surface area contributed by atoms with Crippen molar-refractivity contribution in [1.29, 1.82) is 0 Å². The van der Waals surface area contributed by atoms with Gasteiger partial charge in [0, 0.05) is 38.1 Å². The summed E-state index contributed by atoms with van der Waals surface area (Å²) in [6, 6.07) is 5.75. The number of thiazole rings is 1. The van der Waals surface area contributed by atoms with E-state index in [1.54, 1.807) is 36.8 Å². The first-order valence-electron chi connectivity index (χ1n) is 8.84. The Bertz CT molecular complexity index is 874. The fraction of sp³-hybridized carbons (Fsp3) is 0.500. The summed E-state index contributed by atoms with van der Waals surface area (Å²) in [6.07, 6.45) is 0. The number of ether oxygens (including phenoxy) is 2. The van der Waals surface area contributed by atoms with E-state index in [1.165, 1.54) is 0 Å². The Morgan fingerprint density at radius 1 is 1.15 bits per heavy atom. The van der Waals surface area contributed by atoms with Crippen LogP contribution in [-0.4, -0.2) is 68.8 Å². The number of hydrogen-bond acceptors (Lipinski definition) is 7. The molecule has 1 fully saturated rings. The fourth-order valence-corrected chi connectivity index (χ4v) is 5.05. The third-order valence-corrected chi connectivity index (χ3v) is 7.47. The van der Waals surface area contributed by atoms with Crippen LogP contribution in [0.1, 0.15) is 12.6 Å².